The second kappa shape index (κ2) is 5.36. The first-order chi connectivity index (χ1) is 8.99. The molecule has 0 aliphatic heterocycles. The van der Waals surface area contributed by atoms with Gasteiger partial charge in [0.05, 0.1) is 16.9 Å². The van der Waals surface area contributed by atoms with Crippen molar-refractivity contribution in [2.45, 2.75) is 0 Å². The van der Waals surface area contributed by atoms with Crippen LogP contribution < -0.4 is 11.1 Å². The van der Waals surface area contributed by atoms with E-state index in [-0.39, 0.29) is 16.9 Å². The molecule has 2 rings (SSSR count). The van der Waals surface area contributed by atoms with Crippen molar-refractivity contribution in [1.29, 1.82) is 0 Å². The van der Waals surface area contributed by atoms with Gasteiger partial charge >= 0.3 is 0 Å². The van der Waals surface area contributed by atoms with Crippen molar-refractivity contribution in [3.8, 4) is 0 Å². The number of benzene rings is 2. The zero-order valence-corrected chi connectivity index (χ0v) is 11.2. The molecule has 0 unspecified atom stereocenters. The summed E-state index contributed by atoms with van der Waals surface area (Å²) in [5, 5.41) is 2.28. The maximum atomic E-state index is 13.4. The predicted molar refractivity (Wildman–Crippen MR) is 72.9 cm³/mol. The van der Waals surface area contributed by atoms with E-state index < -0.39 is 17.5 Å². The molecule has 0 aromatic heterocycles. The quantitative estimate of drug-likeness (QED) is 0.829. The van der Waals surface area contributed by atoms with Crippen LogP contribution >= 0.6 is 15.9 Å². The summed E-state index contributed by atoms with van der Waals surface area (Å²) in [6.07, 6.45) is 0. The van der Waals surface area contributed by atoms with Crippen molar-refractivity contribution >= 4 is 33.2 Å². The number of hydrogen-bond donors (Lipinski definition) is 2. The van der Waals surface area contributed by atoms with Gasteiger partial charge in [-0.15, -0.1) is 0 Å². The summed E-state index contributed by atoms with van der Waals surface area (Å²) in [5.41, 5.74) is 5.91. The van der Waals surface area contributed by atoms with Crippen LogP contribution in [-0.4, -0.2) is 5.91 Å². The van der Waals surface area contributed by atoms with Crippen LogP contribution in [0.2, 0.25) is 0 Å². The van der Waals surface area contributed by atoms with Crippen LogP contribution in [0.1, 0.15) is 10.4 Å². The van der Waals surface area contributed by atoms with Crippen LogP contribution in [0.3, 0.4) is 0 Å². The predicted octanol–water partition coefficient (Wildman–Crippen LogP) is 3.56. The molecule has 1 amide bonds. The summed E-state index contributed by atoms with van der Waals surface area (Å²) in [5.74, 6) is -1.97. The third-order valence-electron chi connectivity index (χ3n) is 2.47. The first kappa shape index (κ1) is 13.5. The number of rotatable bonds is 2. The SMILES string of the molecule is Nc1c(Br)cccc1C(=O)Nc1cc(F)ccc1F. The molecule has 0 bridgehead atoms. The lowest BCUT2D eigenvalue weighted by atomic mass is 10.1. The van der Waals surface area contributed by atoms with E-state index in [0.29, 0.717) is 4.47 Å². The minimum atomic E-state index is -0.719. The second-order valence-electron chi connectivity index (χ2n) is 3.78. The van der Waals surface area contributed by atoms with Gasteiger partial charge in [0.15, 0.2) is 0 Å². The molecular weight excluding hydrogens is 318 g/mol. The Kier molecular flexibility index (Phi) is 3.80. The highest BCUT2D eigenvalue weighted by atomic mass is 79.9. The first-order valence-electron chi connectivity index (χ1n) is 5.29. The highest BCUT2D eigenvalue weighted by Gasteiger charge is 2.14. The standard InChI is InChI=1S/C13H9BrF2N2O/c14-9-3-1-2-8(12(9)17)13(19)18-11-6-7(15)4-5-10(11)16/h1-6H,17H2,(H,18,19). The molecule has 98 valence electrons. The van der Waals surface area contributed by atoms with E-state index in [1.165, 1.54) is 6.07 Å². The summed E-state index contributed by atoms with van der Waals surface area (Å²) in [6.45, 7) is 0. The molecule has 19 heavy (non-hydrogen) atoms. The Morgan fingerprint density at radius 2 is 1.95 bits per heavy atom. The molecule has 0 saturated heterocycles. The van der Waals surface area contributed by atoms with Crippen molar-refractivity contribution in [2.75, 3.05) is 11.1 Å². The largest absolute Gasteiger partial charge is 0.397 e. The van der Waals surface area contributed by atoms with E-state index in [2.05, 4.69) is 21.2 Å². The summed E-state index contributed by atoms with van der Waals surface area (Å²) in [4.78, 5) is 11.9. The zero-order chi connectivity index (χ0) is 14.0. The lowest BCUT2D eigenvalue weighted by Crippen LogP contribution is -2.15. The van der Waals surface area contributed by atoms with Gasteiger partial charge in [-0.3, -0.25) is 4.79 Å². The van der Waals surface area contributed by atoms with E-state index in [1.54, 1.807) is 12.1 Å². The van der Waals surface area contributed by atoms with Crippen LogP contribution in [0.5, 0.6) is 0 Å². The Labute approximate surface area is 116 Å². The average molecular weight is 327 g/mol. The second-order valence-corrected chi connectivity index (χ2v) is 4.63. The fraction of sp³-hybridized carbons (Fsp3) is 0. The molecule has 2 aromatic carbocycles. The highest BCUT2D eigenvalue weighted by molar-refractivity contribution is 9.10. The molecule has 0 aliphatic carbocycles. The third-order valence-corrected chi connectivity index (χ3v) is 3.17. The van der Waals surface area contributed by atoms with Gasteiger partial charge < -0.3 is 11.1 Å². The molecule has 0 radical (unpaired) electrons. The number of para-hydroxylation sites is 1. The van der Waals surface area contributed by atoms with Crippen LogP contribution in [0.25, 0.3) is 0 Å². The lowest BCUT2D eigenvalue weighted by molar-refractivity contribution is 0.102. The highest BCUT2D eigenvalue weighted by Crippen LogP contribution is 2.24. The zero-order valence-electron chi connectivity index (χ0n) is 9.58. The molecule has 0 spiro atoms. The molecule has 0 atom stereocenters. The topological polar surface area (TPSA) is 55.1 Å². The van der Waals surface area contributed by atoms with E-state index in [9.17, 15) is 13.6 Å². The Hall–Kier alpha value is -1.95. The average Bonchev–Trinajstić information content (AvgIpc) is 2.37. The number of nitrogens with one attached hydrogen (secondary N) is 1. The maximum absolute atomic E-state index is 13.4. The van der Waals surface area contributed by atoms with Gasteiger partial charge in [-0.2, -0.15) is 0 Å². The number of nitrogens with two attached hydrogens (primary N) is 1. The lowest BCUT2D eigenvalue weighted by Gasteiger charge is -2.09. The summed E-state index contributed by atoms with van der Waals surface area (Å²) in [7, 11) is 0. The van der Waals surface area contributed by atoms with E-state index in [4.69, 9.17) is 5.73 Å². The molecule has 3 nitrogen and oxygen atoms in total. The minimum absolute atomic E-state index is 0.179. The number of carbonyl (C=O) groups is 1. The smallest absolute Gasteiger partial charge is 0.257 e. The molecule has 3 N–H and O–H groups in total. The molecule has 6 heteroatoms. The molecule has 0 saturated carbocycles. The number of amides is 1. The first-order valence-corrected chi connectivity index (χ1v) is 6.08. The van der Waals surface area contributed by atoms with Crippen LogP contribution in [-0.2, 0) is 0 Å². The monoisotopic (exact) mass is 326 g/mol. The molecule has 2 aromatic rings. The number of nitrogen functional groups attached to an aromatic ring is 1. The van der Waals surface area contributed by atoms with Crippen molar-refractivity contribution < 1.29 is 13.6 Å². The number of anilines is 2. The summed E-state index contributed by atoms with van der Waals surface area (Å²) < 4.78 is 27.0. The Morgan fingerprint density at radius 3 is 2.68 bits per heavy atom. The van der Waals surface area contributed by atoms with Crippen molar-refractivity contribution in [3.05, 3.63) is 58.1 Å². The van der Waals surface area contributed by atoms with E-state index >= 15 is 0 Å². The number of halogens is 3. The van der Waals surface area contributed by atoms with Crippen molar-refractivity contribution in [1.82, 2.24) is 0 Å². The molecule has 0 aliphatic rings. The normalized spacial score (nSPS) is 10.3. The van der Waals surface area contributed by atoms with E-state index in [1.807, 2.05) is 0 Å². The maximum Gasteiger partial charge on any atom is 0.257 e. The van der Waals surface area contributed by atoms with Gasteiger partial charge in [-0.05, 0) is 40.2 Å². The Morgan fingerprint density at radius 1 is 1.21 bits per heavy atom. The van der Waals surface area contributed by atoms with Crippen LogP contribution in [0.4, 0.5) is 20.2 Å². The van der Waals surface area contributed by atoms with Crippen LogP contribution in [0, 0.1) is 11.6 Å². The minimum Gasteiger partial charge on any atom is -0.397 e. The van der Waals surface area contributed by atoms with Gasteiger partial charge in [-0.1, -0.05) is 6.07 Å². The molecular formula is C13H9BrF2N2O. The third kappa shape index (κ3) is 2.90. The Bertz CT molecular complexity index is 647. The summed E-state index contributed by atoms with van der Waals surface area (Å²) >= 11 is 3.19. The fourth-order valence-corrected chi connectivity index (χ4v) is 1.88. The van der Waals surface area contributed by atoms with Gasteiger partial charge in [0.2, 0.25) is 0 Å². The van der Waals surface area contributed by atoms with Gasteiger partial charge in [-0.25, -0.2) is 8.78 Å². The van der Waals surface area contributed by atoms with Crippen molar-refractivity contribution in [2.24, 2.45) is 0 Å². The fourth-order valence-electron chi connectivity index (χ4n) is 1.52. The molecule has 0 fully saturated rings. The number of hydrogen-bond acceptors (Lipinski definition) is 2. The van der Waals surface area contributed by atoms with Crippen molar-refractivity contribution in [3.63, 3.8) is 0 Å². The van der Waals surface area contributed by atoms with Gasteiger partial charge in [0, 0.05) is 10.5 Å². The van der Waals surface area contributed by atoms with E-state index in [0.717, 1.165) is 18.2 Å². The van der Waals surface area contributed by atoms with Gasteiger partial charge in [0.25, 0.3) is 5.91 Å². The summed E-state index contributed by atoms with van der Waals surface area (Å²) in [6, 6.07) is 7.61. The van der Waals surface area contributed by atoms with Gasteiger partial charge in [0.1, 0.15) is 11.6 Å². The molecule has 0 heterocycles. The van der Waals surface area contributed by atoms with Crippen LogP contribution in [0.15, 0.2) is 40.9 Å². The number of carbonyl (C=O) groups excluding carboxylic acids is 1. The Balaban J connectivity index is 2.31.